The molecule has 207 valence electrons. The van der Waals surface area contributed by atoms with Crippen molar-refractivity contribution in [2.24, 2.45) is 0 Å². The summed E-state index contributed by atoms with van der Waals surface area (Å²) in [6.45, 7) is 14.4. The molecule has 0 heterocycles. The van der Waals surface area contributed by atoms with Gasteiger partial charge in [0.1, 0.15) is 0 Å². The van der Waals surface area contributed by atoms with Crippen molar-refractivity contribution in [2.45, 2.75) is 210 Å². The molecular weight excluding hydrogens is 448 g/mol. The van der Waals surface area contributed by atoms with E-state index < -0.39 is 14.1 Å². The fourth-order valence-corrected chi connectivity index (χ4v) is 12.5. The molecule has 1 heteroatoms. The Hall–Kier alpha value is 0.532. The summed E-state index contributed by atoms with van der Waals surface area (Å²) in [6.07, 6.45) is 35.7. The molecule has 0 fully saturated rings. The van der Waals surface area contributed by atoms with Crippen molar-refractivity contribution in [2.75, 3.05) is 0 Å². The molecule has 0 aromatic rings. The Morgan fingerprint density at radius 3 is 0.618 bits per heavy atom. The van der Waals surface area contributed by atoms with E-state index in [0.29, 0.717) is 0 Å². The minimum atomic E-state index is -0.650. The first-order valence-corrected chi connectivity index (χ1v) is 18.6. The predicted molar refractivity (Wildman–Crippen MR) is 156 cm³/mol. The Morgan fingerprint density at radius 2 is 0.471 bits per heavy atom. The Labute approximate surface area is 223 Å². The number of hydrogen-bond donors (Lipinski definition) is 0. The van der Waals surface area contributed by atoms with Crippen molar-refractivity contribution >= 4 is 0 Å². The van der Waals surface area contributed by atoms with Gasteiger partial charge in [-0.2, -0.15) is 0 Å². The van der Waals surface area contributed by atoms with Crippen molar-refractivity contribution in [1.29, 1.82) is 0 Å². The normalized spacial score (nSPS) is 12.2. The van der Waals surface area contributed by atoms with E-state index in [4.69, 9.17) is 0 Å². The van der Waals surface area contributed by atoms with Crippen molar-refractivity contribution in [1.82, 2.24) is 0 Å². The van der Waals surface area contributed by atoms with Crippen LogP contribution >= 0.6 is 0 Å². The molecule has 0 aliphatic heterocycles. The second-order valence-electron chi connectivity index (χ2n) is 11.2. The average molecular weight is 518 g/mol. The fraction of sp³-hybridized carbons (Fsp3) is 1.00. The molecule has 0 aromatic heterocycles. The van der Waals surface area contributed by atoms with Crippen molar-refractivity contribution < 1.29 is 14.1 Å². The van der Waals surface area contributed by atoms with E-state index >= 15 is 0 Å². The van der Waals surface area contributed by atoms with Gasteiger partial charge in [0.25, 0.3) is 0 Å². The summed E-state index contributed by atoms with van der Waals surface area (Å²) >= 11 is -0.650. The van der Waals surface area contributed by atoms with Crippen LogP contribution in [0.1, 0.15) is 196 Å². The second kappa shape index (κ2) is 26.6. The van der Waals surface area contributed by atoms with Crippen LogP contribution in [0.2, 0.25) is 14.3 Å². The maximum atomic E-state index is 2.40. The molecule has 0 amide bonds. The molecule has 0 aromatic carbocycles. The third kappa shape index (κ3) is 17.9. The minimum absolute atomic E-state index is 0.650. The van der Waals surface area contributed by atoms with Gasteiger partial charge in [0, 0.05) is 0 Å². The van der Waals surface area contributed by atoms with E-state index in [9.17, 15) is 0 Å². The van der Waals surface area contributed by atoms with Gasteiger partial charge in [0.15, 0.2) is 0 Å². The molecule has 0 atom stereocenters. The quantitative estimate of drug-likeness (QED) is 0.0950. The summed E-state index contributed by atoms with van der Waals surface area (Å²) in [5.41, 5.74) is 0. The van der Waals surface area contributed by atoms with Gasteiger partial charge in [-0.05, 0) is 0 Å². The molecule has 0 saturated carbocycles. The standard InChI is InChI=1S/3C11H23.Cr/c3*1-3-5-7-9-11-10-8-6-4-2;/h3*11H,3-10H2,1-2H3;. The zero-order chi connectivity index (χ0) is 25.3. The molecule has 0 saturated heterocycles. The third-order valence-corrected chi connectivity index (χ3v) is 13.7. The first-order chi connectivity index (χ1) is 16.7. The molecule has 0 N–H and O–H groups in total. The zero-order valence-electron chi connectivity index (χ0n) is 25.1. The number of hydrogen-bond acceptors (Lipinski definition) is 0. The summed E-state index contributed by atoms with van der Waals surface area (Å²) in [4.78, 5) is 0. The number of rotatable bonds is 27. The van der Waals surface area contributed by atoms with E-state index in [1.165, 1.54) is 116 Å². The van der Waals surface area contributed by atoms with Crippen molar-refractivity contribution in [3.63, 3.8) is 0 Å². The van der Waals surface area contributed by atoms with Gasteiger partial charge in [-0.1, -0.05) is 0 Å². The number of unbranched alkanes of at least 4 members (excludes halogenated alkanes) is 12. The van der Waals surface area contributed by atoms with Crippen LogP contribution in [-0.4, -0.2) is 0 Å². The van der Waals surface area contributed by atoms with Gasteiger partial charge < -0.3 is 0 Å². The SMILES string of the molecule is CCCCC[CH](CCCCC)[Cr]([CH](CCCCC)CCCCC)[CH](CCCCC)CCCCC. The Bertz CT molecular complexity index is 292. The van der Waals surface area contributed by atoms with Crippen LogP contribution < -0.4 is 0 Å². The van der Waals surface area contributed by atoms with Crippen LogP contribution in [-0.2, 0) is 14.1 Å². The van der Waals surface area contributed by atoms with Gasteiger partial charge in [0.2, 0.25) is 0 Å². The Morgan fingerprint density at radius 1 is 0.294 bits per heavy atom. The monoisotopic (exact) mass is 517 g/mol. The maximum absolute atomic E-state index is 2.40. The topological polar surface area (TPSA) is 0 Å². The van der Waals surface area contributed by atoms with Crippen LogP contribution in [0.3, 0.4) is 0 Å². The first-order valence-electron chi connectivity index (χ1n) is 16.4. The Kier molecular flexibility index (Phi) is 27.0. The molecule has 0 aliphatic rings. The van der Waals surface area contributed by atoms with E-state index in [2.05, 4.69) is 41.5 Å². The van der Waals surface area contributed by atoms with Crippen LogP contribution in [0, 0.1) is 0 Å². The summed E-state index contributed by atoms with van der Waals surface area (Å²) < 4.78 is 3.37. The van der Waals surface area contributed by atoms with Crippen LogP contribution in [0.15, 0.2) is 0 Å². The fourth-order valence-electron chi connectivity index (χ4n) is 5.80. The van der Waals surface area contributed by atoms with Crippen molar-refractivity contribution in [3.8, 4) is 0 Å². The van der Waals surface area contributed by atoms with E-state index in [0.717, 1.165) is 14.3 Å². The zero-order valence-corrected chi connectivity index (χ0v) is 26.4. The molecule has 34 heavy (non-hydrogen) atoms. The molecule has 0 aliphatic carbocycles. The summed E-state index contributed by atoms with van der Waals surface area (Å²) in [5.74, 6) is 0. The van der Waals surface area contributed by atoms with Crippen LogP contribution in [0.5, 0.6) is 0 Å². The Balaban J connectivity index is 5.91. The molecule has 0 nitrogen and oxygen atoms in total. The summed E-state index contributed by atoms with van der Waals surface area (Å²) in [7, 11) is 0. The van der Waals surface area contributed by atoms with Gasteiger partial charge in [0.05, 0.1) is 0 Å². The van der Waals surface area contributed by atoms with Gasteiger partial charge in [-0.3, -0.25) is 0 Å². The molecule has 0 unspecified atom stereocenters. The van der Waals surface area contributed by atoms with Crippen LogP contribution in [0.4, 0.5) is 0 Å². The van der Waals surface area contributed by atoms with Crippen molar-refractivity contribution in [3.05, 3.63) is 0 Å². The van der Waals surface area contributed by atoms with E-state index in [1.807, 2.05) is 0 Å². The molecule has 0 rings (SSSR count). The molecule has 0 radical (unpaired) electrons. The van der Waals surface area contributed by atoms with E-state index in [1.54, 1.807) is 38.5 Å². The second-order valence-corrected chi connectivity index (χ2v) is 15.6. The molecule has 0 spiro atoms. The van der Waals surface area contributed by atoms with E-state index in [-0.39, 0.29) is 0 Å². The summed E-state index contributed by atoms with van der Waals surface area (Å²) in [5, 5.41) is 0. The average Bonchev–Trinajstić information content (AvgIpc) is 2.84. The van der Waals surface area contributed by atoms with Crippen LogP contribution in [0.25, 0.3) is 0 Å². The first kappa shape index (κ1) is 34.5. The summed E-state index contributed by atoms with van der Waals surface area (Å²) in [6, 6.07) is 0. The molecule has 0 bridgehead atoms. The third-order valence-electron chi connectivity index (χ3n) is 7.93. The predicted octanol–water partition coefficient (Wildman–Crippen LogP) is 13.5. The van der Waals surface area contributed by atoms with Gasteiger partial charge in [-0.15, -0.1) is 0 Å². The van der Waals surface area contributed by atoms with Gasteiger partial charge in [-0.25, -0.2) is 0 Å². The molecular formula is C33H69Cr. The van der Waals surface area contributed by atoms with Gasteiger partial charge >= 0.3 is 224 Å².